The highest BCUT2D eigenvalue weighted by Gasteiger charge is 2.20. The SMILES string of the molecule is F[B-](F)(F)F.c1ccc(-c2cc[s+]c(-c3ccccc3)c2)cc1. The molecule has 23 heavy (non-hydrogen) atoms. The molecule has 2 aromatic carbocycles. The molecule has 0 N–H and O–H groups in total. The summed E-state index contributed by atoms with van der Waals surface area (Å²) in [5, 5.41) is 2.16. The van der Waals surface area contributed by atoms with E-state index >= 15 is 0 Å². The van der Waals surface area contributed by atoms with Crippen molar-refractivity contribution in [1.82, 2.24) is 0 Å². The van der Waals surface area contributed by atoms with E-state index in [1.807, 2.05) is 6.07 Å². The number of rotatable bonds is 2. The van der Waals surface area contributed by atoms with Gasteiger partial charge in [-0.15, -0.1) is 0 Å². The monoisotopic (exact) mass is 336 g/mol. The first kappa shape index (κ1) is 17.2. The first-order valence-electron chi connectivity index (χ1n) is 6.83. The average molecular weight is 336 g/mol. The van der Waals surface area contributed by atoms with Crippen LogP contribution in [0.1, 0.15) is 0 Å². The molecule has 0 nitrogen and oxygen atoms in total. The molecule has 0 radical (unpaired) electrons. The molecular formula is C17H13BF4S. The molecular weight excluding hydrogens is 323 g/mol. The largest absolute Gasteiger partial charge is 0.673 e. The molecule has 0 spiro atoms. The first-order chi connectivity index (χ1) is 10.9. The molecule has 0 bridgehead atoms. The molecule has 3 rings (SSSR count). The van der Waals surface area contributed by atoms with Gasteiger partial charge in [0.15, 0.2) is 5.38 Å². The van der Waals surface area contributed by atoms with Crippen molar-refractivity contribution in [2.45, 2.75) is 0 Å². The Hall–Kier alpha value is -2.21. The lowest BCUT2D eigenvalue weighted by atomic mass is 10.1. The predicted molar refractivity (Wildman–Crippen MR) is 89.8 cm³/mol. The third-order valence-corrected chi connectivity index (χ3v) is 3.77. The van der Waals surface area contributed by atoms with E-state index in [-0.39, 0.29) is 0 Å². The number of hydrogen-bond donors (Lipinski definition) is 0. The van der Waals surface area contributed by atoms with E-state index < -0.39 is 7.25 Å². The Balaban J connectivity index is 0.000000338. The minimum absolute atomic E-state index is 1.27. The second-order valence-electron chi connectivity index (χ2n) is 4.61. The molecule has 0 atom stereocenters. The normalized spacial score (nSPS) is 10.6. The van der Waals surface area contributed by atoms with Gasteiger partial charge in [0, 0.05) is 17.7 Å². The van der Waals surface area contributed by atoms with Crippen molar-refractivity contribution in [2.75, 3.05) is 0 Å². The van der Waals surface area contributed by atoms with Gasteiger partial charge in [0.05, 0.1) is 0 Å². The van der Waals surface area contributed by atoms with Gasteiger partial charge in [-0.25, -0.2) is 0 Å². The molecule has 0 saturated heterocycles. The van der Waals surface area contributed by atoms with E-state index in [0.29, 0.717) is 0 Å². The van der Waals surface area contributed by atoms with E-state index in [9.17, 15) is 17.3 Å². The Bertz CT molecular complexity index is 670. The smallest absolute Gasteiger partial charge is 0.418 e. The molecule has 0 aliphatic carbocycles. The van der Waals surface area contributed by atoms with Crippen LogP contribution in [0.25, 0.3) is 21.6 Å². The van der Waals surface area contributed by atoms with Gasteiger partial charge in [0.25, 0.3) is 0 Å². The van der Waals surface area contributed by atoms with Crippen molar-refractivity contribution >= 4 is 18.6 Å². The van der Waals surface area contributed by atoms with Gasteiger partial charge in [-0.2, -0.15) is 0 Å². The predicted octanol–water partition coefficient (Wildman–Crippen LogP) is 6.66. The highest BCUT2D eigenvalue weighted by atomic mass is 32.1. The molecule has 1 heterocycles. The van der Waals surface area contributed by atoms with Crippen LogP contribution in [0.4, 0.5) is 17.3 Å². The van der Waals surface area contributed by atoms with E-state index in [1.54, 1.807) is 11.3 Å². The number of benzene rings is 2. The molecule has 6 heteroatoms. The van der Waals surface area contributed by atoms with Crippen LogP contribution in [-0.4, -0.2) is 7.25 Å². The number of halogens is 4. The highest BCUT2D eigenvalue weighted by molar-refractivity contribution is 7.13. The summed E-state index contributed by atoms with van der Waals surface area (Å²) in [7, 11) is -6.00. The van der Waals surface area contributed by atoms with Gasteiger partial charge in [-0.3, -0.25) is 0 Å². The molecule has 1 aromatic heterocycles. The summed E-state index contributed by atoms with van der Waals surface area (Å²) in [6.07, 6.45) is 0. The molecule has 0 fully saturated rings. The Kier molecular flexibility index (Phi) is 5.87. The second-order valence-corrected chi connectivity index (χ2v) is 5.56. The van der Waals surface area contributed by atoms with Crippen LogP contribution in [0.2, 0.25) is 0 Å². The van der Waals surface area contributed by atoms with Crippen LogP contribution in [0.3, 0.4) is 0 Å². The summed E-state index contributed by atoms with van der Waals surface area (Å²) in [4.78, 5) is 1.30. The third-order valence-electron chi connectivity index (χ3n) is 2.89. The van der Waals surface area contributed by atoms with Gasteiger partial charge < -0.3 is 17.3 Å². The summed E-state index contributed by atoms with van der Waals surface area (Å²) >= 11 is 1.77. The van der Waals surface area contributed by atoms with E-state index in [4.69, 9.17) is 0 Å². The summed E-state index contributed by atoms with van der Waals surface area (Å²) in [5.74, 6) is 0. The van der Waals surface area contributed by atoms with Gasteiger partial charge in [-0.1, -0.05) is 48.5 Å². The summed E-state index contributed by atoms with van der Waals surface area (Å²) in [6, 6.07) is 25.4. The highest BCUT2D eigenvalue weighted by Crippen LogP contribution is 2.29. The van der Waals surface area contributed by atoms with Crippen LogP contribution >= 0.6 is 11.3 Å². The van der Waals surface area contributed by atoms with Gasteiger partial charge >= 0.3 is 7.25 Å². The topological polar surface area (TPSA) is 0 Å². The van der Waals surface area contributed by atoms with Gasteiger partial charge in [0.2, 0.25) is 16.2 Å². The van der Waals surface area contributed by atoms with Crippen molar-refractivity contribution in [3.63, 3.8) is 0 Å². The first-order valence-corrected chi connectivity index (χ1v) is 7.71. The van der Waals surface area contributed by atoms with Gasteiger partial charge in [0.1, 0.15) is 0 Å². The fraction of sp³-hybridized carbons (Fsp3) is 0. The van der Waals surface area contributed by atoms with Crippen molar-refractivity contribution < 1.29 is 17.3 Å². The third kappa shape index (κ3) is 6.20. The second kappa shape index (κ2) is 7.88. The van der Waals surface area contributed by atoms with E-state index in [1.165, 1.54) is 21.6 Å². The van der Waals surface area contributed by atoms with Crippen molar-refractivity contribution in [2.24, 2.45) is 0 Å². The Labute approximate surface area is 136 Å². The minimum Gasteiger partial charge on any atom is -0.418 e. The van der Waals surface area contributed by atoms with Crippen molar-refractivity contribution in [1.29, 1.82) is 0 Å². The molecule has 0 amide bonds. The molecule has 118 valence electrons. The maximum Gasteiger partial charge on any atom is 0.673 e. The molecule has 0 aliphatic rings. The molecule has 0 unspecified atom stereocenters. The summed E-state index contributed by atoms with van der Waals surface area (Å²) in [6.45, 7) is 0. The van der Waals surface area contributed by atoms with Crippen LogP contribution in [0, 0.1) is 0 Å². The van der Waals surface area contributed by atoms with Crippen molar-refractivity contribution in [3.05, 3.63) is 78.2 Å². The quantitative estimate of drug-likeness (QED) is 0.279. The average Bonchev–Trinajstić information content (AvgIpc) is 2.55. The van der Waals surface area contributed by atoms with Gasteiger partial charge in [-0.05, 0) is 23.3 Å². The fourth-order valence-electron chi connectivity index (χ4n) is 1.97. The lowest BCUT2D eigenvalue weighted by Crippen LogP contribution is -2.02. The van der Waals surface area contributed by atoms with Crippen LogP contribution in [0.5, 0.6) is 0 Å². The van der Waals surface area contributed by atoms with E-state index in [2.05, 4.69) is 72.1 Å². The standard InChI is InChI=1S/C17H13S.BF4/c1-3-7-14(8-4-1)16-11-12-18-17(13-16)15-9-5-2-6-10-15;2-1(3,4)5/h1-13H;/q+1;-1. The molecule has 0 aliphatic heterocycles. The van der Waals surface area contributed by atoms with Crippen LogP contribution in [-0.2, 0) is 0 Å². The Morgan fingerprint density at radius 1 is 0.609 bits per heavy atom. The van der Waals surface area contributed by atoms with Crippen molar-refractivity contribution in [3.8, 4) is 21.6 Å². The minimum atomic E-state index is -6.00. The maximum absolute atomic E-state index is 9.75. The van der Waals surface area contributed by atoms with E-state index in [0.717, 1.165) is 0 Å². The maximum atomic E-state index is 9.75. The Morgan fingerprint density at radius 2 is 1.09 bits per heavy atom. The summed E-state index contributed by atoms with van der Waals surface area (Å²) < 4.78 is 39.0. The zero-order chi connectivity index (χ0) is 16.7. The lowest BCUT2D eigenvalue weighted by molar-refractivity contribution is 0.368. The fourth-order valence-corrected chi connectivity index (χ4v) is 2.80. The zero-order valence-corrected chi connectivity index (χ0v) is 12.8. The summed E-state index contributed by atoms with van der Waals surface area (Å²) in [5.41, 5.74) is 3.82. The van der Waals surface area contributed by atoms with Crippen LogP contribution < -0.4 is 0 Å². The zero-order valence-electron chi connectivity index (χ0n) is 12.0. The number of hydrogen-bond acceptors (Lipinski definition) is 0. The molecule has 3 aromatic rings. The lowest BCUT2D eigenvalue weighted by Gasteiger charge is -1.99. The van der Waals surface area contributed by atoms with Crippen LogP contribution in [0.15, 0.2) is 78.2 Å². The molecule has 0 saturated carbocycles. The Morgan fingerprint density at radius 3 is 1.61 bits per heavy atom.